The minimum Gasteiger partial charge on any atom is -0.495 e. The van der Waals surface area contributed by atoms with Crippen molar-refractivity contribution in [2.45, 2.75) is 31.7 Å². The van der Waals surface area contributed by atoms with Crippen LogP contribution in [0.15, 0.2) is 54.6 Å². The summed E-state index contributed by atoms with van der Waals surface area (Å²) in [6, 6.07) is 18.1. The number of carbonyl (C=O) groups excluding carboxylic acids is 1. The number of Topliss-reactive ketones (excluding diaryl/α,β-unsaturated/α-hetero) is 1. The first-order chi connectivity index (χ1) is 11.3. The lowest BCUT2D eigenvalue weighted by Gasteiger charge is -2.31. The minimum absolute atomic E-state index is 0.0136. The van der Waals surface area contributed by atoms with Crippen LogP contribution in [0.4, 0.5) is 5.69 Å². The van der Waals surface area contributed by atoms with Gasteiger partial charge in [-0.3, -0.25) is 4.79 Å². The van der Waals surface area contributed by atoms with Gasteiger partial charge in [-0.1, -0.05) is 48.9 Å². The molecule has 1 fully saturated rings. The third-order valence-electron chi connectivity index (χ3n) is 4.58. The Hall–Kier alpha value is -2.29. The average Bonchev–Trinajstić information content (AvgIpc) is 2.61. The summed E-state index contributed by atoms with van der Waals surface area (Å²) < 4.78 is 5.45. The molecule has 0 bridgehead atoms. The lowest BCUT2D eigenvalue weighted by atomic mass is 9.80. The van der Waals surface area contributed by atoms with Crippen molar-refractivity contribution in [3.05, 3.63) is 60.2 Å². The third kappa shape index (κ3) is 3.55. The molecule has 3 rings (SSSR count). The van der Waals surface area contributed by atoms with Gasteiger partial charge in [0.2, 0.25) is 0 Å². The molecule has 0 spiro atoms. The number of hydrogen-bond acceptors (Lipinski definition) is 3. The second-order valence-electron chi connectivity index (χ2n) is 6.05. The number of nitrogens with one attached hydrogen (secondary N) is 1. The zero-order chi connectivity index (χ0) is 16.1. The van der Waals surface area contributed by atoms with E-state index in [1.165, 1.54) is 0 Å². The number of benzene rings is 2. The average molecular weight is 309 g/mol. The standard InChI is InChI=1S/C20H23NO2/c1-23-19-14-8-6-12-17(19)21-20(15-9-3-2-4-10-15)16-11-5-7-13-18(16)22/h2-4,6,8-10,12,14,16,20-21H,5,7,11,13H2,1H3. The number of ether oxygens (including phenoxy) is 1. The maximum Gasteiger partial charge on any atom is 0.141 e. The molecule has 0 saturated heterocycles. The van der Waals surface area contributed by atoms with Gasteiger partial charge >= 0.3 is 0 Å². The van der Waals surface area contributed by atoms with Gasteiger partial charge in [0.05, 0.1) is 18.8 Å². The molecule has 23 heavy (non-hydrogen) atoms. The molecule has 1 aliphatic rings. The molecular formula is C20H23NO2. The summed E-state index contributed by atoms with van der Waals surface area (Å²) in [6.07, 6.45) is 3.78. The van der Waals surface area contributed by atoms with Crippen molar-refractivity contribution in [2.24, 2.45) is 5.92 Å². The fourth-order valence-corrected chi connectivity index (χ4v) is 3.37. The van der Waals surface area contributed by atoms with E-state index in [-0.39, 0.29) is 12.0 Å². The molecule has 0 aliphatic heterocycles. The highest BCUT2D eigenvalue weighted by Gasteiger charge is 2.31. The van der Waals surface area contributed by atoms with Gasteiger partial charge in [-0.05, 0) is 30.5 Å². The van der Waals surface area contributed by atoms with Crippen molar-refractivity contribution in [1.82, 2.24) is 0 Å². The Morgan fingerprint density at radius 3 is 2.52 bits per heavy atom. The summed E-state index contributed by atoms with van der Waals surface area (Å²) in [6.45, 7) is 0. The number of hydrogen-bond donors (Lipinski definition) is 1. The van der Waals surface area contributed by atoms with E-state index in [4.69, 9.17) is 4.74 Å². The predicted octanol–water partition coefficient (Wildman–Crippen LogP) is 4.61. The summed E-state index contributed by atoms with van der Waals surface area (Å²) in [7, 11) is 1.67. The first-order valence-corrected chi connectivity index (χ1v) is 8.27. The number of rotatable bonds is 5. The first kappa shape index (κ1) is 15.6. The topological polar surface area (TPSA) is 38.3 Å². The maximum atomic E-state index is 12.5. The van der Waals surface area contributed by atoms with Crippen molar-refractivity contribution in [3.8, 4) is 5.75 Å². The summed E-state index contributed by atoms with van der Waals surface area (Å²) >= 11 is 0. The minimum atomic E-state index is -0.0136. The molecule has 1 saturated carbocycles. The molecule has 120 valence electrons. The van der Waals surface area contributed by atoms with Gasteiger partial charge in [-0.15, -0.1) is 0 Å². The highest BCUT2D eigenvalue weighted by molar-refractivity contribution is 5.83. The van der Waals surface area contributed by atoms with Gasteiger partial charge in [-0.25, -0.2) is 0 Å². The van der Waals surface area contributed by atoms with E-state index in [9.17, 15) is 4.79 Å². The van der Waals surface area contributed by atoms with Crippen molar-refractivity contribution in [2.75, 3.05) is 12.4 Å². The van der Waals surface area contributed by atoms with Gasteiger partial charge in [0.15, 0.2) is 0 Å². The van der Waals surface area contributed by atoms with Crippen LogP contribution in [0.2, 0.25) is 0 Å². The molecule has 2 aromatic carbocycles. The molecule has 1 N–H and O–H groups in total. The van der Waals surface area contributed by atoms with Crippen LogP contribution in [0.5, 0.6) is 5.75 Å². The van der Waals surface area contributed by atoms with Crippen LogP contribution in [-0.4, -0.2) is 12.9 Å². The number of ketones is 1. The maximum absolute atomic E-state index is 12.5. The largest absolute Gasteiger partial charge is 0.495 e. The number of carbonyl (C=O) groups is 1. The predicted molar refractivity (Wildman–Crippen MR) is 92.8 cm³/mol. The van der Waals surface area contributed by atoms with Gasteiger partial charge in [-0.2, -0.15) is 0 Å². The van der Waals surface area contributed by atoms with Crippen LogP contribution >= 0.6 is 0 Å². The molecule has 2 unspecified atom stereocenters. The van der Waals surface area contributed by atoms with Gasteiger partial charge in [0.25, 0.3) is 0 Å². The van der Waals surface area contributed by atoms with Crippen molar-refractivity contribution < 1.29 is 9.53 Å². The molecule has 0 amide bonds. The van der Waals surface area contributed by atoms with E-state index in [1.54, 1.807) is 7.11 Å². The highest BCUT2D eigenvalue weighted by atomic mass is 16.5. The Balaban J connectivity index is 1.93. The second kappa shape index (κ2) is 7.32. The fourth-order valence-electron chi connectivity index (χ4n) is 3.37. The Morgan fingerprint density at radius 1 is 1.04 bits per heavy atom. The zero-order valence-corrected chi connectivity index (χ0v) is 13.5. The zero-order valence-electron chi connectivity index (χ0n) is 13.5. The fraction of sp³-hybridized carbons (Fsp3) is 0.350. The molecular weight excluding hydrogens is 286 g/mol. The van der Waals surface area contributed by atoms with Crippen LogP contribution in [0.25, 0.3) is 0 Å². The normalized spacial score (nSPS) is 19.2. The molecule has 0 radical (unpaired) electrons. The van der Waals surface area contributed by atoms with Crippen molar-refractivity contribution in [3.63, 3.8) is 0 Å². The number of methoxy groups -OCH3 is 1. The summed E-state index contributed by atoms with van der Waals surface area (Å²) in [4.78, 5) is 12.5. The Kier molecular flexibility index (Phi) is 4.96. The van der Waals surface area contributed by atoms with E-state index in [2.05, 4.69) is 17.4 Å². The molecule has 0 aromatic heterocycles. The molecule has 0 heterocycles. The van der Waals surface area contributed by atoms with E-state index in [1.807, 2.05) is 42.5 Å². The number of anilines is 1. The quantitative estimate of drug-likeness (QED) is 0.876. The third-order valence-corrected chi connectivity index (χ3v) is 4.58. The first-order valence-electron chi connectivity index (χ1n) is 8.27. The molecule has 3 heteroatoms. The van der Waals surface area contributed by atoms with Crippen molar-refractivity contribution in [1.29, 1.82) is 0 Å². The van der Waals surface area contributed by atoms with Gasteiger partial charge < -0.3 is 10.1 Å². The monoisotopic (exact) mass is 309 g/mol. The molecule has 2 atom stereocenters. The van der Waals surface area contributed by atoms with Crippen LogP contribution in [0.1, 0.15) is 37.3 Å². The summed E-state index contributed by atoms with van der Waals surface area (Å²) in [5.41, 5.74) is 2.08. The Morgan fingerprint density at radius 2 is 1.78 bits per heavy atom. The lowest BCUT2D eigenvalue weighted by Crippen LogP contribution is -2.30. The highest BCUT2D eigenvalue weighted by Crippen LogP contribution is 2.36. The summed E-state index contributed by atoms with van der Waals surface area (Å²) in [5, 5.41) is 3.57. The smallest absolute Gasteiger partial charge is 0.141 e. The van der Waals surface area contributed by atoms with Crippen LogP contribution in [-0.2, 0) is 4.79 Å². The van der Waals surface area contributed by atoms with E-state index >= 15 is 0 Å². The van der Waals surface area contributed by atoms with Gasteiger partial charge in [0.1, 0.15) is 11.5 Å². The van der Waals surface area contributed by atoms with E-state index < -0.39 is 0 Å². The number of para-hydroxylation sites is 2. The lowest BCUT2D eigenvalue weighted by molar-refractivity contribution is -0.125. The van der Waals surface area contributed by atoms with Crippen molar-refractivity contribution >= 4 is 11.5 Å². The molecule has 2 aromatic rings. The second-order valence-corrected chi connectivity index (χ2v) is 6.05. The van der Waals surface area contributed by atoms with E-state index in [0.29, 0.717) is 12.2 Å². The molecule has 1 aliphatic carbocycles. The van der Waals surface area contributed by atoms with Crippen LogP contribution < -0.4 is 10.1 Å². The van der Waals surface area contributed by atoms with Crippen LogP contribution in [0.3, 0.4) is 0 Å². The molecule has 3 nitrogen and oxygen atoms in total. The van der Waals surface area contributed by atoms with Gasteiger partial charge in [0, 0.05) is 12.3 Å². The Labute approximate surface area is 137 Å². The van der Waals surface area contributed by atoms with E-state index in [0.717, 1.165) is 36.3 Å². The Bertz CT molecular complexity index is 654. The summed E-state index contributed by atoms with van der Waals surface area (Å²) in [5.74, 6) is 1.19. The SMILES string of the molecule is COc1ccccc1NC(c1ccccc1)C1CCCCC1=O. The van der Waals surface area contributed by atoms with Crippen LogP contribution in [0, 0.1) is 5.92 Å².